The lowest BCUT2D eigenvalue weighted by atomic mass is 9.91. The van der Waals surface area contributed by atoms with Gasteiger partial charge in [0, 0.05) is 30.3 Å². The van der Waals surface area contributed by atoms with Crippen LogP contribution in [-0.2, 0) is 14.4 Å². The number of aromatic amines is 1. The Kier molecular flexibility index (Phi) is 8.35. The largest absolute Gasteiger partial charge is 0.370 e. The molecule has 0 fully saturated rings. The monoisotopic (exact) mass is 435 g/mol. The quantitative estimate of drug-likeness (QED) is 0.296. The average molecular weight is 436 g/mol. The molecule has 0 spiro atoms. The Bertz CT molecular complexity index is 894. The van der Waals surface area contributed by atoms with E-state index in [1.165, 1.54) is 0 Å². The van der Waals surface area contributed by atoms with E-state index in [-0.39, 0.29) is 37.0 Å². The molecule has 4 N–H and O–H groups in total. The van der Waals surface area contributed by atoms with Gasteiger partial charge in [-0.3, -0.25) is 29.6 Å². The standard InChI is InChI=1S/C20H26ClN5O4/c1-12(2)8-14(20(30)25-26(18(29)11-21)7-5-17(22)28)10-16(27)15-9-13-4-3-6-23-19(13)24-15/h3-4,6,9,12,14H,5,7-8,10-11H2,1-2H3,(H2,22,28)(H,23,24)(H,25,30)/t14-/m1/s1. The molecule has 2 aromatic rings. The van der Waals surface area contributed by atoms with Crippen LogP contribution in [0.4, 0.5) is 0 Å². The number of nitrogens with one attached hydrogen (secondary N) is 2. The van der Waals surface area contributed by atoms with Gasteiger partial charge in [0.1, 0.15) is 11.5 Å². The topological polar surface area (TPSA) is 138 Å². The average Bonchev–Trinajstić information content (AvgIpc) is 3.13. The third kappa shape index (κ3) is 6.55. The van der Waals surface area contributed by atoms with E-state index in [4.69, 9.17) is 17.3 Å². The number of hydrazine groups is 1. The molecular weight excluding hydrogens is 410 g/mol. The molecule has 30 heavy (non-hydrogen) atoms. The number of Topliss-reactive ketones (excluding diaryl/α,β-unsaturated/α-hetero) is 1. The van der Waals surface area contributed by atoms with E-state index in [2.05, 4.69) is 15.4 Å². The van der Waals surface area contributed by atoms with E-state index in [1.54, 1.807) is 18.3 Å². The smallest absolute Gasteiger partial charge is 0.255 e. The predicted octanol–water partition coefficient (Wildman–Crippen LogP) is 1.77. The highest BCUT2D eigenvalue weighted by Crippen LogP contribution is 2.21. The zero-order valence-electron chi connectivity index (χ0n) is 17.0. The van der Waals surface area contributed by atoms with Gasteiger partial charge in [-0.25, -0.2) is 4.98 Å². The van der Waals surface area contributed by atoms with Crippen LogP contribution in [0.5, 0.6) is 0 Å². The fourth-order valence-electron chi connectivity index (χ4n) is 3.06. The Balaban J connectivity index is 2.13. The third-order valence-corrected chi connectivity index (χ3v) is 4.72. The number of rotatable bonds is 10. The van der Waals surface area contributed by atoms with Crippen LogP contribution in [0.1, 0.15) is 43.6 Å². The fraction of sp³-hybridized carbons (Fsp3) is 0.450. The molecule has 0 saturated heterocycles. The van der Waals surface area contributed by atoms with Crippen LogP contribution >= 0.6 is 11.6 Å². The summed E-state index contributed by atoms with van der Waals surface area (Å²) >= 11 is 5.59. The predicted molar refractivity (Wildman–Crippen MR) is 112 cm³/mol. The minimum absolute atomic E-state index is 0.0461. The highest BCUT2D eigenvalue weighted by Gasteiger charge is 2.27. The van der Waals surface area contributed by atoms with Gasteiger partial charge >= 0.3 is 0 Å². The van der Waals surface area contributed by atoms with Crippen molar-refractivity contribution in [2.75, 3.05) is 12.4 Å². The Morgan fingerprint density at radius 2 is 2.03 bits per heavy atom. The maximum Gasteiger partial charge on any atom is 0.255 e. The molecule has 1 atom stereocenters. The highest BCUT2D eigenvalue weighted by atomic mass is 35.5. The van der Waals surface area contributed by atoms with Gasteiger partial charge in [0.05, 0.1) is 12.2 Å². The van der Waals surface area contributed by atoms with Crippen molar-refractivity contribution in [3.8, 4) is 0 Å². The van der Waals surface area contributed by atoms with E-state index in [0.29, 0.717) is 17.8 Å². The lowest BCUT2D eigenvalue weighted by Crippen LogP contribution is -2.50. The molecule has 0 radical (unpaired) electrons. The van der Waals surface area contributed by atoms with Gasteiger partial charge in [-0.1, -0.05) is 13.8 Å². The maximum atomic E-state index is 12.9. The number of pyridine rings is 1. The summed E-state index contributed by atoms with van der Waals surface area (Å²) in [5.74, 6) is -2.80. The number of carbonyl (C=O) groups is 4. The number of carbonyl (C=O) groups excluding carboxylic acids is 4. The number of ketones is 1. The van der Waals surface area contributed by atoms with Gasteiger partial charge in [-0.15, -0.1) is 11.6 Å². The van der Waals surface area contributed by atoms with Crippen LogP contribution in [0.25, 0.3) is 11.0 Å². The summed E-state index contributed by atoms with van der Waals surface area (Å²) in [5.41, 5.74) is 8.58. The first-order valence-corrected chi connectivity index (χ1v) is 10.2. The van der Waals surface area contributed by atoms with Crippen LogP contribution in [-0.4, -0.2) is 50.9 Å². The van der Waals surface area contributed by atoms with Gasteiger partial charge in [0.15, 0.2) is 5.78 Å². The van der Waals surface area contributed by atoms with Gasteiger partial charge in [-0.05, 0) is 30.5 Å². The Labute approximate surface area is 179 Å². The van der Waals surface area contributed by atoms with Crippen molar-refractivity contribution >= 4 is 46.1 Å². The number of fused-ring (bicyclic) bond motifs is 1. The Morgan fingerprint density at radius 1 is 1.30 bits per heavy atom. The molecular formula is C20H26ClN5O4. The molecule has 0 aliphatic carbocycles. The summed E-state index contributed by atoms with van der Waals surface area (Å²) in [6, 6.07) is 5.31. The normalized spacial score (nSPS) is 12.0. The van der Waals surface area contributed by atoms with Crippen molar-refractivity contribution < 1.29 is 19.2 Å². The van der Waals surface area contributed by atoms with Crippen LogP contribution in [0.15, 0.2) is 24.4 Å². The number of hydrogen-bond donors (Lipinski definition) is 3. The molecule has 2 aromatic heterocycles. The minimum atomic E-state index is -0.670. The first kappa shape index (κ1) is 23.3. The second kappa shape index (κ2) is 10.7. The van der Waals surface area contributed by atoms with E-state index in [1.807, 2.05) is 19.9 Å². The van der Waals surface area contributed by atoms with Crippen molar-refractivity contribution in [3.63, 3.8) is 0 Å². The van der Waals surface area contributed by atoms with Crippen LogP contribution in [0.3, 0.4) is 0 Å². The molecule has 0 bridgehead atoms. The Morgan fingerprint density at radius 3 is 2.63 bits per heavy atom. The van der Waals surface area contributed by atoms with Crippen molar-refractivity contribution in [1.82, 2.24) is 20.4 Å². The fourth-order valence-corrected chi connectivity index (χ4v) is 3.20. The summed E-state index contributed by atoms with van der Waals surface area (Å²) in [6.07, 6.45) is 1.89. The summed E-state index contributed by atoms with van der Waals surface area (Å²) in [5, 5.41) is 1.78. The van der Waals surface area contributed by atoms with Crippen molar-refractivity contribution in [3.05, 3.63) is 30.1 Å². The molecule has 0 saturated carbocycles. The summed E-state index contributed by atoms with van der Waals surface area (Å²) < 4.78 is 0. The second-order valence-corrected chi connectivity index (χ2v) is 7.72. The summed E-state index contributed by atoms with van der Waals surface area (Å²) in [4.78, 5) is 55.8. The highest BCUT2D eigenvalue weighted by molar-refractivity contribution is 6.27. The Hall–Kier alpha value is -2.94. The van der Waals surface area contributed by atoms with Crippen molar-refractivity contribution in [2.45, 2.75) is 33.1 Å². The molecule has 0 aliphatic heterocycles. The van der Waals surface area contributed by atoms with E-state index >= 15 is 0 Å². The number of nitrogens with zero attached hydrogens (tertiary/aromatic N) is 2. The van der Waals surface area contributed by atoms with E-state index in [0.717, 1.165) is 10.4 Å². The number of amides is 3. The first-order valence-electron chi connectivity index (χ1n) is 9.63. The van der Waals surface area contributed by atoms with Crippen LogP contribution in [0, 0.1) is 11.8 Å². The number of H-pyrrole nitrogens is 1. The van der Waals surface area contributed by atoms with E-state index < -0.39 is 23.6 Å². The summed E-state index contributed by atoms with van der Waals surface area (Å²) in [7, 11) is 0. The molecule has 9 nitrogen and oxygen atoms in total. The molecule has 3 amide bonds. The van der Waals surface area contributed by atoms with Crippen LogP contribution < -0.4 is 11.2 Å². The molecule has 162 valence electrons. The molecule has 10 heteroatoms. The van der Waals surface area contributed by atoms with E-state index in [9.17, 15) is 19.2 Å². The van der Waals surface area contributed by atoms with Gasteiger partial charge in [0.25, 0.3) is 5.91 Å². The molecule has 0 aromatic carbocycles. The summed E-state index contributed by atoms with van der Waals surface area (Å²) in [6.45, 7) is 3.78. The zero-order valence-corrected chi connectivity index (χ0v) is 17.7. The maximum absolute atomic E-state index is 12.9. The lowest BCUT2D eigenvalue weighted by molar-refractivity contribution is -0.142. The van der Waals surface area contributed by atoms with Gasteiger partial charge in [0.2, 0.25) is 11.8 Å². The van der Waals surface area contributed by atoms with Crippen molar-refractivity contribution in [2.24, 2.45) is 17.6 Å². The number of nitrogens with two attached hydrogens (primary N) is 1. The number of halogens is 1. The number of primary amides is 1. The van der Waals surface area contributed by atoms with Gasteiger partial charge < -0.3 is 10.7 Å². The molecule has 2 rings (SSSR count). The first-order chi connectivity index (χ1) is 14.2. The molecule has 0 aliphatic rings. The van der Waals surface area contributed by atoms with Gasteiger partial charge in [-0.2, -0.15) is 0 Å². The van der Waals surface area contributed by atoms with Crippen LogP contribution in [0.2, 0.25) is 0 Å². The number of aromatic nitrogens is 2. The lowest BCUT2D eigenvalue weighted by Gasteiger charge is -2.25. The second-order valence-electron chi connectivity index (χ2n) is 7.45. The zero-order chi connectivity index (χ0) is 22.3. The third-order valence-electron chi connectivity index (χ3n) is 4.49. The van der Waals surface area contributed by atoms with Crippen molar-refractivity contribution in [1.29, 1.82) is 0 Å². The molecule has 2 heterocycles. The SMILES string of the molecule is CC(C)C[C@H](CC(=O)c1cc2cccnc2[nH]1)C(=O)NN(CCC(N)=O)C(=O)CCl. The number of hydrogen-bond acceptors (Lipinski definition) is 5. The number of alkyl halides is 1. The minimum Gasteiger partial charge on any atom is -0.370 e. The molecule has 0 unspecified atom stereocenters.